The predicted octanol–water partition coefficient (Wildman–Crippen LogP) is 2.05. The fourth-order valence-electron chi connectivity index (χ4n) is 2.63. The van der Waals surface area contributed by atoms with Gasteiger partial charge in [-0.25, -0.2) is 9.50 Å². The van der Waals surface area contributed by atoms with Crippen molar-refractivity contribution >= 4 is 22.2 Å². The topological polar surface area (TPSA) is 98.2 Å². The van der Waals surface area contributed by atoms with Gasteiger partial charge in [-0.05, 0) is 12.5 Å². The van der Waals surface area contributed by atoms with E-state index in [0.717, 1.165) is 21.8 Å². The minimum Gasteiger partial charge on any atom is -0.355 e. The van der Waals surface area contributed by atoms with Gasteiger partial charge in [0.1, 0.15) is 12.7 Å². The summed E-state index contributed by atoms with van der Waals surface area (Å²) < 4.78 is 6.98. The van der Waals surface area contributed by atoms with E-state index in [1.54, 1.807) is 4.52 Å². The molecule has 132 valence electrons. The Morgan fingerprint density at radius 3 is 3.12 bits per heavy atom. The molecule has 3 heterocycles. The minimum atomic E-state index is -0.157. The summed E-state index contributed by atoms with van der Waals surface area (Å²) in [6.45, 7) is 2.48. The number of carbonyl (C=O) groups excluding carboxylic acids is 1. The number of nitrogens with zero attached hydrogens (tertiary/aromatic N) is 5. The van der Waals surface area contributed by atoms with Gasteiger partial charge in [0.2, 0.25) is 22.6 Å². The van der Waals surface area contributed by atoms with Crippen LogP contribution in [-0.2, 0) is 17.6 Å². The van der Waals surface area contributed by atoms with E-state index in [1.807, 2.05) is 36.6 Å². The zero-order chi connectivity index (χ0) is 17.9. The fraction of sp³-hybridized carbons (Fsp3) is 0.235. The van der Waals surface area contributed by atoms with Crippen molar-refractivity contribution < 1.29 is 9.32 Å². The van der Waals surface area contributed by atoms with Crippen molar-refractivity contribution in [3.05, 3.63) is 53.1 Å². The summed E-state index contributed by atoms with van der Waals surface area (Å²) in [7, 11) is 0. The van der Waals surface area contributed by atoms with E-state index in [0.29, 0.717) is 24.7 Å². The summed E-state index contributed by atoms with van der Waals surface area (Å²) in [4.78, 5) is 21.4. The van der Waals surface area contributed by atoms with Crippen LogP contribution in [0.3, 0.4) is 0 Å². The second-order valence-electron chi connectivity index (χ2n) is 5.78. The van der Waals surface area contributed by atoms with Crippen LogP contribution < -0.4 is 5.32 Å². The lowest BCUT2D eigenvalue weighted by atomic mass is 10.1. The van der Waals surface area contributed by atoms with Gasteiger partial charge in [-0.3, -0.25) is 4.79 Å². The maximum absolute atomic E-state index is 12.1. The molecule has 9 heteroatoms. The monoisotopic (exact) mass is 368 g/mol. The largest absolute Gasteiger partial charge is 0.355 e. The number of nitrogens with one attached hydrogen (secondary N) is 1. The number of thiazole rings is 1. The lowest BCUT2D eigenvalue weighted by molar-refractivity contribution is -0.120. The molecule has 4 rings (SSSR count). The maximum atomic E-state index is 12.1. The highest BCUT2D eigenvalue weighted by molar-refractivity contribution is 7.15. The zero-order valence-electron chi connectivity index (χ0n) is 14.0. The Balaban J connectivity index is 1.32. The Bertz CT molecular complexity index is 1050. The number of fused-ring (bicyclic) bond motifs is 1. The van der Waals surface area contributed by atoms with E-state index in [1.165, 1.54) is 17.7 Å². The summed E-state index contributed by atoms with van der Waals surface area (Å²) in [5.41, 5.74) is 2.97. The van der Waals surface area contributed by atoms with Crippen LogP contribution in [0.5, 0.6) is 0 Å². The molecule has 0 aliphatic rings. The van der Waals surface area contributed by atoms with Gasteiger partial charge < -0.3 is 9.84 Å². The molecule has 8 nitrogen and oxygen atoms in total. The van der Waals surface area contributed by atoms with Crippen molar-refractivity contribution in [1.82, 2.24) is 30.1 Å². The Labute approximate surface area is 152 Å². The molecule has 0 unspecified atom stereocenters. The number of hydrogen-bond acceptors (Lipinski definition) is 7. The third-order valence-corrected chi connectivity index (χ3v) is 4.84. The first kappa shape index (κ1) is 16.4. The van der Waals surface area contributed by atoms with Crippen LogP contribution in [0, 0.1) is 6.92 Å². The molecule has 4 aromatic rings. The first-order valence-corrected chi connectivity index (χ1v) is 9.00. The lowest BCUT2D eigenvalue weighted by Crippen LogP contribution is -2.27. The van der Waals surface area contributed by atoms with E-state index >= 15 is 0 Å². The van der Waals surface area contributed by atoms with Crippen molar-refractivity contribution in [3.63, 3.8) is 0 Å². The molecular formula is C17H16N6O2S. The Morgan fingerprint density at radius 1 is 1.35 bits per heavy atom. The highest BCUT2D eigenvalue weighted by atomic mass is 32.1. The summed E-state index contributed by atoms with van der Waals surface area (Å²) in [6.07, 6.45) is 2.25. The van der Waals surface area contributed by atoms with E-state index in [2.05, 4.69) is 25.5 Å². The molecule has 1 N–H and O–H groups in total. The zero-order valence-corrected chi connectivity index (χ0v) is 14.9. The number of carbonyl (C=O) groups is 1. The fourth-order valence-corrected chi connectivity index (χ4v) is 3.46. The average Bonchev–Trinajstić information content (AvgIpc) is 3.34. The smallest absolute Gasteiger partial charge is 0.236 e. The van der Waals surface area contributed by atoms with Crippen molar-refractivity contribution in [3.8, 4) is 11.4 Å². The molecular weight excluding hydrogens is 352 g/mol. The first-order valence-electron chi connectivity index (χ1n) is 8.12. The molecule has 0 radical (unpaired) electrons. The predicted molar refractivity (Wildman–Crippen MR) is 95.8 cm³/mol. The highest BCUT2D eigenvalue weighted by Gasteiger charge is 2.14. The van der Waals surface area contributed by atoms with Crippen LogP contribution in [0.1, 0.15) is 17.1 Å². The Morgan fingerprint density at radius 2 is 2.23 bits per heavy atom. The first-order chi connectivity index (χ1) is 12.7. The number of amides is 1. The molecule has 0 saturated carbocycles. The molecule has 0 spiro atoms. The average molecular weight is 368 g/mol. The van der Waals surface area contributed by atoms with Gasteiger partial charge in [0.15, 0.2) is 0 Å². The van der Waals surface area contributed by atoms with Crippen molar-refractivity contribution in [2.24, 2.45) is 0 Å². The quantitative estimate of drug-likeness (QED) is 0.559. The Hall–Kier alpha value is -3.07. The molecule has 1 amide bonds. The van der Waals surface area contributed by atoms with Crippen LogP contribution in [0.25, 0.3) is 16.3 Å². The van der Waals surface area contributed by atoms with Crippen molar-refractivity contribution in [1.29, 1.82) is 0 Å². The number of aromatic nitrogens is 5. The maximum Gasteiger partial charge on any atom is 0.236 e. The van der Waals surface area contributed by atoms with Crippen LogP contribution >= 0.6 is 11.3 Å². The van der Waals surface area contributed by atoms with Crippen LogP contribution in [0.15, 0.2) is 40.5 Å². The van der Waals surface area contributed by atoms with Crippen LogP contribution in [0.2, 0.25) is 0 Å². The van der Waals surface area contributed by atoms with Crippen molar-refractivity contribution in [2.45, 2.75) is 19.8 Å². The van der Waals surface area contributed by atoms with Gasteiger partial charge in [-0.15, -0.1) is 11.3 Å². The minimum absolute atomic E-state index is 0.0568. The van der Waals surface area contributed by atoms with E-state index in [4.69, 9.17) is 4.52 Å². The van der Waals surface area contributed by atoms with E-state index in [-0.39, 0.29) is 12.3 Å². The molecule has 0 aliphatic carbocycles. The van der Waals surface area contributed by atoms with Gasteiger partial charge in [-0.2, -0.15) is 10.1 Å². The van der Waals surface area contributed by atoms with E-state index < -0.39 is 0 Å². The molecule has 3 aromatic heterocycles. The summed E-state index contributed by atoms with van der Waals surface area (Å²) in [5.74, 6) is 0.641. The molecule has 0 aliphatic heterocycles. The van der Waals surface area contributed by atoms with Gasteiger partial charge >= 0.3 is 0 Å². The summed E-state index contributed by atoms with van der Waals surface area (Å²) in [5, 5.41) is 13.0. The summed E-state index contributed by atoms with van der Waals surface area (Å²) in [6, 6.07) is 7.78. The molecule has 1 aromatic carbocycles. The van der Waals surface area contributed by atoms with Crippen LogP contribution in [-0.4, -0.2) is 37.2 Å². The number of aryl methyl sites for hydroxylation is 1. The van der Waals surface area contributed by atoms with Gasteiger partial charge in [0, 0.05) is 23.9 Å². The molecule has 26 heavy (non-hydrogen) atoms. The second-order valence-corrected chi connectivity index (χ2v) is 6.62. The number of hydrogen-bond donors (Lipinski definition) is 1. The number of benzene rings is 1. The second kappa shape index (κ2) is 7.04. The summed E-state index contributed by atoms with van der Waals surface area (Å²) >= 11 is 1.53. The van der Waals surface area contributed by atoms with Gasteiger partial charge in [-0.1, -0.05) is 29.4 Å². The highest BCUT2D eigenvalue weighted by Crippen LogP contribution is 2.19. The lowest BCUT2D eigenvalue weighted by Gasteiger charge is -2.02. The van der Waals surface area contributed by atoms with Gasteiger partial charge in [0.05, 0.1) is 5.69 Å². The molecule has 0 bridgehead atoms. The van der Waals surface area contributed by atoms with Gasteiger partial charge in [0.25, 0.3) is 0 Å². The molecule has 0 atom stereocenters. The standard InChI is InChI=1S/C17H16N6O2S/c1-11-4-2-3-5-13(11)16-21-15(25-22-16)8-14(24)18-7-6-12-9-26-17-19-10-20-23(12)17/h2-5,9-10H,6-8H2,1H3,(H,18,24). The molecule has 0 saturated heterocycles. The third-order valence-electron chi connectivity index (χ3n) is 3.96. The normalized spacial score (nSPS) is 11.1. The molecule has 0 fully saturated rings. The Kier molecular flexibility index (Phi) is 4.44. The van der Waals surface area contributed by atoms with Crippen molar-refractivity contribution in [2.75, 3.05) is 6.54 Å². The third kappa shape index (κ3) is 3.33. The number of rotatable bonds is 6. The van der Waals surface area contributed by atoms with E-state index in [9.17, 15) is 4.79 Å². The van der Waals surface area contributed by atoms with Crippen LogP contribution in [0.4, 0.5) is 0 Å². The SMILES string of the molecule is Cc1ccccc1-c1noc(CC(=O)NCCc2csc3ncnn23)n1.